The summed E-state index contributed by atoms with van der Waals surface area (Å²) in [5, 5.41) is 12.2. The highest BCUT2D eigenvalue weighted by Crippen LogP contribution is 2.39. The van der Waals surface area contributed by atoms with E-state index < -0.39 is 0 Å². The lowest BCUT2D eigenvalue weighted by atomic mass is 10.1. The summed E-state index contributed by atoms with van der Waals surface area (Å²) in [6, 6.07) is 5.06. The number of hydrogen-bond donors (Lipinski definition) is 1. The van der Waals surface area contributed by atoms with Crippen molar-refractivity contribution in [2.45, 2.75) is 41.9 Å². The van der Waals surface area contributed by atoms with Gasteiger partial charge in [-0.25, -0.2) is 9.07 Å². The van der Waals surface area contributed by atoms with Crippen LogP contribution in [0.4, 0.5) is 4.39 Å². The predicted octanol–water partition coefficient (Wildman–Crippen LogP) is 2.32. The Labute approximate surface area is 114 Å². The fourth-order valence-corrected chi connectivity index (χ4v) is 2.96. The summed E-state index contributed by atoms with van der Waals surface area (Å²) in [5.41, 5.74) is 6.66. The molecule has 100 valence electrons. The van der Waals surface area contributed by atoms with E-state index in [1.54, 1.807) is 10.7 Å². The molecule has 0 spiro atoms. The van der Waals surface area contributed by atoms with Gasteiger partial charge in [-0.3, -0.25) is 0 Å². The standard InChI is InChI=1S/C12H14FN5S/c1-7(14)9-3-2-4-10(13)11(9)19-12-15-16-17-18(12)8-5-6-8/h2-4,7-8H,5-6,14H2,1H3. The van der Waals surface area contributed by atoms with E-state index in [0.29, 0.717) is 16.1 Å². The summed E-state index contributed by atoms with van der Waals surface area (Å²) in [7, 11) is 0. The lowest BCUT2D eigenvalue weighted by molar-refractivity contribution is 0.562. The number of tetrazole rings is 1. The molecule has 0 aliphatic heterocycles. The molecule has 1 aliphatic carbocycles. The van der Waals surface area contributed by atoms with Gasteiger partial charge in [0.1, 0.15) is 5.82 Å². The van der Waals surface area contributed by atoms with Crippen LogP contribution in [0, 0.1) is 5.82 Å². The van der Waals surface area contributed by atoms with E-state index in [0.717, 1.165) is 18.4 Å². The van der Waals surface area contributed by atoms with E-state index in [1.807, 2.05) is 13.0 Å². The molecular weight excluding hydrogens is 265 g/mol. The van der Waals surface area contributed by atoms with Crippen molar-refractivity contribution in [3.05, 3.63) is 29.6 Å². The molecule has 1 atom stereocenters. The molecule has 0 amide bonds. The molecule has 2 aromatic rings. The zero-order chi connectivity index (χ0) is 13.4. The Hall–Kier alpha value is -1.47. The fourth-order valence-electron chi connectivity index (χ4n) is 1.88. The first-order valence-corrected chi connectivity index (χ1v) is 6.98. The van der Waals surface area contributed by atoms with E-state index in [9.17, 15) is 4.39 Å². The maximum atomic E-state index is 14.0. The van der Waals surface area contributed by atoms with Gasteiger partial charge in [-0.1, -0.05) is 12.1 Å². The minimum atomic E-state index is -0.287. The van der Waals surface area contributed by atoms with Gasteiger partial charge in [0.2, 0.25) is 5.16 Å². The van der Waals surface area contributed by atoms with Crippen LogP contribution in [0.25, 0.3) is 0 Å². The number of rotatable bonds is 4. The summed E-state index contributed by atoms with van der Waals surface area (Å²) in [6.07, 6.45) is 2.16. The number of halogens is 1. The molecule has 1 unspecified atom stereocenters. The molecule has 19 heavy (non-hydrogen) atoms. The van der Waals surface area contributed by atoms with Gasteiger partial charge in [-0.15, -0.1) is 5.10 Å². The number of nitrogens with two attached hydrogens (primary N) is 1. The van der Waals surface area contributed by atoms with Gasteiger partial charge in [-0.05, 0) is 53.6 Å². The highest BCUT2D eigenvalue weighted by molar-refractivity contribution is 7.99. The van der Waals surface area contributed by atoms with Crippen LogP contribution in [0.1, 0.15) is 37.4 Å². The summed E-state index contributed by atoms with van der Waals surface area (Å²) in [5.74, 6) is -0.287. The molecule has 1 fully saturated rings. The van der Waals surface area contributed by atoms with Gasteiger partial charge in [-0.2, -0.15) is 0 Å². The van der Waals surface area contributed by atoms with Gasteiger partial charge in [0.15, 0.2) is 0 Å². The molecule has 1 aliphatic rings. The second-order valence-electron chi connectivity index (χ2n) is 4.69. The third-order valence-electron chi connectivity index (χ3n) is 3.04. The molecule has 1 aromatic carbocycles. The topological polar surface area (TPSA) is 69.6 Å². The lowest BCUT2D eigenvalue weighted by Gasteiger charge is -2.12. The van der Waals surface area contributed by atoms with Gasteiger partial charge in [0.05, 0.1) is 10.9 Å². The SMILES string of the molecule is CC(N)c1cccc(F)c1Sc1nnnn1C1CC1. The van der Waals surface area contributed by atoms with E-state index in [4.69, 9.17) is 5.73 Å². The van der Waals surface area contributed by atoms with Gasteiger partial charge in [0, 0.05) is 6.04 Å². The van der Waals surface area contributed by atoms with Gasteiger partial charge >= 0.3 is 0 Å². The van der Waals surface area contributed by atoms with Crippen LogP contribution in [0.5, 0.6) is 0 Å². The minimum Gasteiger partial charge on any atom is -0.324 e. The highest BCUT2D eigenvalue weighted by atomic mass is 32.2. The van der Waals surface area contributed by atoms with Crippen molar-refractivity contribution in [3.8, 4) is 0 Å². The van der Waals surface area contributed by atoms with Crippen LogP contribution in [-0.2, 0) is 0 Å². The van der Waals surface area contributed by atoms with Crippen molar-refractivity contribution in [1.82, 2.24) is 20.2 Å². The molecule has 7 heteroatoms. The minimum absolute atomic E-state index is 0.233. The average Bonchev–Trinajstić information content (AvgIpc) is 3.12. The van der Waals surface area contributed by atoms with Crippen LogP contribution in [0.15, 0.2) is 28.3 Å². The molecule has 3 rings (SSSR count). The molecule has 0 bridgehead atoms. The quantitative estimate of drug-likeness (QED) is 0.930. The Morgan fingerprint density at radius 1 is 1.47 bits per heavy atom. The third kappa shape index (κ3) is 2.48. The average molecular weight is 279 g/mol. The normalized spacial score (nSPS) is 16.6. The van der Waals surface area contributed by atoms with Crippen molar-refractivity contribution in [2.75, 3.05) is 0 Å². The maximum Gasteiger partial charge on any atom is 0.214 e. The summed E-state index contributed by atoms with van der Waals surface area (Å²) in [6.45, 7) is 1.84. The largest absolute Gasteiger partial charge is 0.324 e. The van der Waals surface area contributed by atoms with Crippen LogP contribution in [0.2, 0.25) is 0 Å². The van der Waals surface area contributed by atoms with Crippen molar-refractivity contribution >= 4 is 11.8 Å². The molecule has 5 nitrogen and oxygen atoms in total. The van der Waals surface area contributed by atoms with E-state index in [-0.39, 0.29) is 11.9 Å². The zero-order valence-corrected chi connectivity index (χ0v) is 11.3. The van der Waals surface area contributed by atoms with Gasteiger partial charge in [0.25, 0.3) is 0 Å². The predicted molar refractivity (Wildman–Crippen MR) is 69.2 cm³/mol. The molecule has 1 aromatic heterocycles. The molecule has 2 N–H and O–H groups in total. The number of hydrogen-bond acceptors (Lipinski definition) is 5. The second kappa shape index (κ2) is 4.90. The Balaban J connectivity index is 1.96. The van der Waals surface area contributed by atoms with Crippen molar-refractivity contribution in [3.63, 3.8) is 0 Å². The first-order valence-electron chi connectivity index (χ1n) is 6.16. The number of benzene rings is 1. The van der Waals surface area contributed by atoms with E-state index in [2.05, 4.69) is 15.5 Å². The maximum absolute atomic E-state index is 14.0. The highest BCUT2D eigenvalue weighted by Gasteiger charge is 2.28. The molecule has 1 saturated carbocycles. The van der Waals surface area contributed by atoms with Crippen LogP contribution >= 0.6 is 11.8 Å². The second-order valence-corrected chi connectivity index (χ2v) is 5.66. The van der Waals surface area contributed by atoms with Crippen molar-refractivity contribution in [1.29, 1.82) is 0 Å². The van der Waals surface area contributed by atoms with Gasteiger partial charge < -0.3 is 5.73 Å². The van der Waals surface area contributed by atoms with Crippen molar-refractivity contribution in [2.24, 2.45) is 5.73 Å². The van der Waals surface area contributed by atoms with Crippen LogP contribution < -0.4 is 5.73 Å². The first kappa shape index (κ1) is 12.6. The Bertz CT molecular complexity index is 594. The molecule has 0 radical (unpaired) electrons. The summed E-state index contributed by atoms with van der Waals surface area (Å²) in [4.78, 5) is 0.509. The van der Waals surface area contributed by atoms with E-state index >= 15 is 0 Å². The number of aromatic nitrogens is 4. The van der Waals surface area contributed by atoms with Crippen LogP contribution in [-0.4, -0.2) is 20.2 Å². The zero-order valence-electron chi connectivity index (χ0n) is 10.5. The smallest absolute Gasteiger partial charge is 0.214 e. The summed E-state index contributed by atoms with van der Waals surface area (Å²) < 4.78 is 15.8. The Morgan fingerprint density at radius 2 is 2.26 bits per heavy atom. The van der Waals surface area contributed by atoms with Crippen molar-refractivity contribution < 1.29 is 4.39 Å². The monoisotopic (exact) mass is 279 g/mol. The van der Waals surface area contributed by atoms with Crippen LogP contribution in [0.3, 0.4) is 0 Å². The molecule has 0 saturated heterocycles. The number of nitrogens with zero attached hydrogens (tertiary/aromatic N) is 4. The molecular formula is C12H14FN5S. The Kier molecular flexibility index (Phi) is 3.24. The first-order chi connectivity index (χ1) is 9.16. The molecule has 1 heterocycles. The fraction of sp³-hybridized carbons (Fsp3) is 0.417. The lowest BCUT2D eigenvalue weighted by Crippen LogP contribution is -2.08. The summed E-state index contributed by atoms with van der Waals surface area (Å²) >= 11 is 1.24. The van der Waals surface area contributed by atoms with E-state index in [1.165, 1.54) is 17.8 Å². The third-order valence-corrected chi connectivity index (χ3v) is 4.12. The Morgan fingerprint density at radius 3 is 2.95 bits per heavy atom.